The van der Waals surface area contributed by atoms with Crippen LogP contribution in [-0.4, -0.2) is 39.8 Å². The molecule has 6 heteroatoms. The normalized spacial score (nSPS) is 14.2. The van der Waals surface area contributed by atoms with Gasteiger partial charge in [0.1, 0.15) is 0 Å². The molecular formula is C23H20N4O2. The summed E-state index contributed by atoms with van der Waals surface area (Å²) in [6.45, 7) is 2.79. The van der Waals surface area contributed by atoms with Gasteiger partial charge < -0.3 is 15.2 Å². The van der Waals surface area contributed by atoms with Crippen molar-refractivity contribution in [2.75, 3.05) is 18.4 Å². The number of hydrogen-bond donors (Lipinski definition) is 2. The van der Waals surface area contributed by atoms with Gasteiger partial charge in [0.2, 0.25) is 5.91 Å². The molecule has 4 aromatic rings. The number of aromatic nitrogens is 2. The minimum atomic E-state index is -0.210. The zero-order chi connectivity index (χ0) is 20.0. The standard InChI is InChI=1S/C23H20N4O2/c1-14-9-10-17-20(25-14)7-4-8-21(17)26-22(28)15-12-27(13-15)23(29)18-11-24-19-6-3-2-5-16(18)19/h2-11,15,24H,12-13H2,1H3,(H,26,28). The van der Waals surface area contributed by atoms with Gasteiger partial charge in [-0.3, -0.25) is 14.6 Å². The van der Waals surface area contributed by atoms with Gasteiger partial charge in [-0.05, 0) is 37.3 Å². The summed E-state index contributed by atoms with van der Waals surface area (Å²) in [6.07, 6.45) is 1.74. The summed E-state index contributed by atoms with van der Waals surface area (Å²) in [6, 6.07) is 17.3. The number of hydrogen-bond acceptors (Lipinski definition) is 3. The molecule has 0 spiro atoms. The van der Waals surface area contributed by atoms with Crippen LogP contribution in [0.4, 0.5) is 5.69 Å². The highest BCUT2D eigenvalue weighted by Crippen LogP contribution is 2.27. The Labute approximate surface area is 167 Å². The molecule has 3 heterocycles. The van der Waals surface area contributed by atoms with Crippen molar-refractivity contribution < 1.29 is 9.59 Å². The summed E-state index contributed by atoms with van der Waals surface area (Å²) < 4.78 is 0. The van der Waals surface area contributed by atoms with Crippen LogP contribution in [0.2, 0.25) is 0 Å². The molecule has 1 aliphatic heterocycles. The number of aryl methyl sites for hydroxylation is 1. The fourth-order valence-electron chi connectivity index (χ4n) is 3.83. The van der Waals surface area contributed by atoms with E-state index >= 15 is 0 Å². The van der Waals surface area contributed by atoms with Crippen LogP contribution in [-0.2, 0) is 4.79 Å². The lowest BCUT2D eigenvalue weighted by Gasteiger charge is -2.38. The van der Waals surface area contributed by atoms with Crippen LogP contribution >= 0.6 is 0 Å². The van der Waals surface area contributed by atoms with E-state index < -0.39 is 0 Å². The number of pyridine rings is 1. The number of nitrogens with one attached hydrogen (secondary N) is 2. The van der Waals surface area contributed by atoms with Gasteiger partial charge in [0.05, 0.1) is 22.7 Å². The summed E-state index contributed by atoms with van der Waals surface area (Å²) >= 11 is 0. The Hall–Kier alpha value is -3.67. The van der Waals surface area contributed by atoms with Gasteiger partial charge in [-0.1, -0.05) is 24.3 Å². The molecule has 29 heavy (non-hydrogen) atoms. The second-order valence-electron chi connectivity index (χ2n) is 7.47. The molecule has 1 saturated heterocycles. The SMILES string of the molecule is Cc1ccc2c(NC(=O)C3CN(C(=O)c4c[nH]c5ccccc45)C3)cccc2n1. The van der Waals surface area contributed by atoms with Crippen molar-refractivity contribution >= 4 is 39.3 Å². The Morgan fingerprint density at radius 3 is 2.72 bits per heavy atom. The molecule has 0 radical (unpaired) electrons. The number of rotatable bonds is 3. The van der Waals surface area contributed by atoms with Crippen molar-refractivity contribution in [1.29, 1.82) is 0 Å². The molecule has 0 atom stereocenters. The number of benzene rings is 2. The first-order valence-corrected chi connectivity index (χ1v) is 9.63. The first-order chi connectivity index (χ1) is 14.1. The van der Waals surface area contributed by atoms with Crippen LogP contribution in [0.5, 0.6) is 0 Å². The van der Waals surface area contributed by atoms with E-state index in [0.29, 0.717) is 18.7 Å². The number of anilines is 1. The van der Waals surface area contributed by atoms with Crippen LogP contribution in [0.3, 0.4) is 0 Å². The number of likely N-dealkylation sites (tertiary alicyclic amines) is 1. The van der Waals surface area contributed by atoms with Crippen molar-refractivity contribution in [1.82, 2.24) is 14.9 Å². The fourth-order valence-corrected chi connectivity index (χ4v) is 3.83. The van der Waals surface area contributed by atoms with E-state index in [9.17, 15) is 9.59 Å². The smallest absolute Gasteiger partial charge is 0.256 e. The van der Waals surface area contributed by atoms with Gasteiger partial charge in [-0.15, -0.1) is 0 Å². The van der Waals surface area contributed by atoms with Gasteiger partial charge >= 0.3 is 0 Å². The second kappa shape index (κ2) is 6.74. The monoisotopic (exact) mass is 384 g/mol. The molecule has 0 saturated carbocycles. The second-order valence-corrected chi connectivity index (χ2v) is 7.47. The molecular weight excluding hydrogens is 364 g/mol. The lowest BCUT2D eigenvalue weighted by Crippen LogP contribution is -2.54. The quantitative estimate of drug-likeness (QED) is 0.565. The highest BCUT2D eigenvalue weighted by Gasteiger charge is 2.36. The molecule has 2 aromatic carbocycles. The number of H-pyrrole nitrogens is 1. The average molecular weight is 384 g/mol. The largest absolute Gasteiger partial charge is 0.360 e. The first kappa shape index (κ1) is 17.4. The van der Waals surface area contributed by atoms with Crippen LogP contribution in [0.1, 0.15) is 16.1 Å². The summed E-state index contributed by atoms with van der Waals surface area (Å²) in [5.41, 5.74) is 4.13. The van der Waals surface area contributed by atoms with Crippen LogP contribution < -0.4 is 5.32 Å². The van der Waals surface area contributed by atoms with Gasteiger partial charge in [-0.2, -0.15) is 0 Å². The number of para-hydroxylation sites is 1. The molecule has 144 valence electrons. The van der Waals surface area contributed by atoms with Crippen LogP contribution in [0, 0.1) is 12.8 Å². The maximum atomic E-state index is 12.8. The van der Waals surface area contributed by atoms with Crippen LogP contribution in [0.25, 0.3) is 21.8 Å². The third-order valence-corrected chi connectivity index (χ3v) is 5.49. The van der Waals surface area contributed by atoms with E-state index in [2.05, 4.69) is 15.3 Å². The zero-order valence-corrected chi connectivity index (χ0v) is 16.0. The summed E-state index contributed by atoms with van der Waals surface area (Å²) in [7, 11) is 0. The van der Waals surface area contributed by atoms with E-state index in [1.54, 1.807) is 11.1 Å². The van der Waals surface area contributed by atoms with Crippen molar-refractivity contribution in [2.24, 2.45) is 5.92 Å². The average Bonchev–Trinajstić information content (AvgIpc) is 3.11. The maximum absolute atomic E-state index is 12.8. The van der Waals surface area contributed by atoms with Crippen molar-refractivity contribution in [3.8, 4) is 0 Å². The van der Waals surface area contributed by atoms with Gasteiger partial charge in [0.15, 0.2) is 0 Å². The molecule has 0 aliphatic carbocycles. The van der Waals surface area contributed by atoms with E-state index in [4.69, 9.17) is 0 Å². The van der Waals surface area contributed by atoms with E-state index in [1.165, 1.54) is 0 Å². The number of amides is 2. The molecule has 2 amide bonds. The number of carbonyl (C=O) groups is 2. The molecule has 0 bridgehead atoms. The van der Waals surface area contributed by atoms with Gasteiger partial charge in [0.25, 0.3) is 5.91 Å². The predicted octanol–water partition coefficient (Wildman–Crippen LogP) is 3.74. The van der Waals surface area contributed by atoms with Crippen molar-refractivity contribution in [3.05, 3.63) is 72.1 Å². The van der Waals surface area contributed by atoms with Crippen molar-refractivity contribution in [3.63, 3.8) is 0 Å². The van der Waals surface area contributed by atoms with E-state index in [0.717, 1.165) is 33.2 Å². The Kier molecular flexibility index (Phi) is 4.05. The summed E-state index contributed by atoms with van der Waals surface area (Å²) in [5.74, 6) is -0.324. The number of carbonyl (C=O) groups excluding carboxylic acids is 2. The van der Waals surface area contributed by atoms with E-state index in [-0.39, 0.29) is 17.7 Å². The molecule has 0 unspecified atom stereocenters. The fraction of sp³-hybridized carbons (Fsp3) is 0.174. The van der Waals surface area contributed by atoms with Gasteiger partial charge in [-0.25, -0.2) is 0 Å². The zero-order valence-electron chi connectivity index (χ0n) is 16.0. The molecule has 2 N–H and O–H groups in total. The lowest BCUT2D eigenvalue weighted by atomic mass is 9.97. The topological polar surface area (TPSA) is 78.1 Å². The maximum Gasteiger partial charge on any atom is 0.256 e. The highest BCUT2D eigenvalue weighted by atomic mass is 16.2. The lowest BCUT2D eigenvalue weighted by molar-refractivity contribution is -0.123. The Balaban J connectivity index is 1.28. The van der Waals surface area contributed by atoms with Crippen LogP contribution in [0.15, 0.2) is 60.8 Å². The van der Waals surface area contributed by atoms with E-state index in [1.807, 2.05) is 61.5 Å². The van der Waals surface area contributed by atoms with Crippen molar-refractivity contribution in [2.45, 2.75) is 6.92 Å². The highest BCUT2D eigenvalue weighted by molar-refractivity contribution is 6.08. The third-order valence-electron chi connectivity index (χ3n) is 5.49. The molecule has 2 aromatic heterocycles. The Bertz CT molecular complexity index is 1250. The molecule has 1 aliphatic rings. The molecule has 1 fully saturated rings. The number of nitrogens with zero attached hydrogens (tertiary/aromatic N) is 2. The summed E-state index contributed by atoms with van der Waals surface area (Å²) in [4.78, 5) is 34.8. The third kappa shape index (κ3) is 3.02. The summed E-state index contributed by atoms with van der Waals surface area (Å²) in [5, 5.41) is 4.83. The minimum Gasteiger partial charge on any atom is -0.360 e. The number of fused-ring (bicyclic) bond motifs is 2. The Morgan fingerprint density at radius 2 is 1.86 bits per heavy atom. The predicted molar refractivity (Wildman–Crippen MR) is 113 cm³/mol. The number of aromatic amines is 1. The molecule has 6 nitrogen and oxygen atoms in total. The first-order valence-electron chi connectivity index (χ1n) is 9.63. The Morgan fingerprint density at radius 1 is 1.03 bits per heavy atom. The van der Waals surface area contributed by atoms with Gasteiger partial charge in [0, 0.05) is 41.3 Å². The minimum absolute atomic E-state index is 0.0451. The molecule has 5 rings (SSSR count).